The van der Waals surface area contributed by atoms with E-state index in [4.69, 9.17) is 4.74 Å². The van der Waals surface area contributed by atoms with E-state index in [1.807, 2.05) is 23.6 Å². The summed E-state index contributed by atoms with van der Waals surface area (Å²) in [4.78, 5) is 16.5. The van der Waals surface area contributed by atoms with Crippen molar-refractivity contribution in [1.82, 2.24) is 19.7 Å². The molecule has 9 heteroatoms. The van der Waals surface area contributed by atoms with Crippen molar-refractivity contribution >= 4 is 33.9 Å². The molecule has 0 unspecified atom stereocenters. The van der Waals surface area contributed by atoms with Gasteiger partial charge in [0.15, 0.2) is 10.3 Å². The Morgan fingerprint density at radius 3 is 3.04 bits per heavy atom. The first-order chi connectivity index (χ1) is 12.7. The SMILES string of the molecule is COCCCn1c(SCc2csc(Nc3ccccc3C)n2)n[nH]c1=O. The van der Waals surface area contributed by atoms with E-state index in [0.29, 0.717) is 24.1 Å². The predicted octanol–water partition coefficient (Wildman–Crippen LogP) is 3.41. The number of ether oxygens (including phenoxy) is 1. The molecule has 0 saturated heterocycles. The van der Waals surface area contributed by atoms with Crippen LogP contribution in [0.25, 0.3) is 0 Å². The number of H-pyrrole nitrogens is 1. The summed E-state index contributed by atoms with van der Waals surface area (Å²) in [6, 6.07) is 8.11. The molecule has 0 saturated carbocycles. The highest BCUT2D eigenvalue weighted by Gasteiger charge is 2.11. The maximum Gasteiger partial charge on any atom is 0.343 e. The first-order valence-electron chi connectivity index (χ1n) is 8.21. The maximum absolute atomic E-state index is 11.9. The topological polar surface area (TPSA) is 84.8 Å². The van der Waals surface area contributed by atoms with Gasteiger partial charge < -0.3 is 10.1 Å². The van der Waals surface area contributed by atoms with Crippen LogP contribution in [0.2, 0.25) is 0 Å². The monoisotopic (exact) mass is 391 g/mol. The van der Waals surface area contributed by atoms with Crippen LogP contribution in [0.4, 0.5) is 10.8 Å². The van der Waals surface area contributed by atoms with E-state index in [2.05, 4.69) is 33.5 Å². The van der Waals surface area contributed by atoms with Crippen molar-refractivity contribution in [3.63, 3.8) is 0 Å². The highest BCUT2D eigenvalue weighted by molar-refractivity contribution is 7.98. The number of rotatable bonds is 9. The molecule has 0 aliphatic heterocycles. The average Bonchev–Trinajstić information content (AvgIpc) is 3.22. The quantitative estimate of drug-likeness (QED) is 0.429. The van der Waals surface area contributed by atoms with Crippen molar-refractivity contribution in [2.45, 2.75) is 30.8 Å². The van der Waals surface area contributed by atoms with Gasteiger partial charge in [0.25, 0.3) is 0 Å². The summed E-state index contributed by atoms with van der Waals surface area (Å²) < 4.78 is 6.68. The van der Waals surface area contributed by atoms with Crippen LogP contribution in [0.3, 0.4) is 0 Å². The highest BCUT2D eigenvalue weighted by Crippen LogP contribution is 2.26. The van der Waals surface area contributed by atoms with Gasteiger partial charge in [-0.2, -0.15) is 0 Å². The molecule has 1 aromatic carbocycles. The Morgan fingerprint density at radius 2 is 2.23 bits per heavy atom. The van der Waals surface area contributed by atoms with Gasteiger partial charge in [-0.1, -0.05) is 30.0 Å². The molecule has 2 aromatic heterocycles. The largest absolute Gasteiger partial charge is 0.385 e. The summed E-state index contributed by atoms with van der Waals surface area (Å²) >= 11 is 3.06. The Kier molecular flexibility index (Phi) is 6.48. The molecular formula is C17H21N5O2S2. The fourth-order valence-corrected chi connectivity index (χ4v) is 4.07. The number of aromatic amines is 1. The van der Waals surface area contributed by atoms with E-state index in [1.54, 1.807) is 23.0 Å². The van der Waals surface area contributed by atoms with Gasteiger partial charge in [-0.15, -0.1) is 16.4 Å². The number of thioether (sulfide) groups is 1. The minimum atomic E-state index is -0.191. The molecule has 0 amide bonds. The van der Waals surface area contributed by atoms with Crippen molar-refractivity contribution < 1.29 is 4.74 Å². The Bertz CT molecular complexity index is 902. The van der Waals surface area contributed by atoms with Gasteiger partial charge in [-0.3, -0.25) is 4.57 Å². The van der Waals surface area contributed by atoms with Gasteiger partial charge in [0.05, 0.1) is 5.69 Å². The molecule has 3 rings (SSSR count). The van der Waals surface area contributed by atoms with Gasteiger partial charge in [0, 0.05) is 37.1 Å². The minimum Gasteiger partial charge on any atom is -0.385 e. The summed E-state index contributed by atoms with van der Waals surface area (Å²) in [5, 5.41) is 13.5. The van der Waals surface area contributed by atoms with Gasteiger partial charge in [0.2, 0.25) is 0 Å². The summed E-state index contributed by atoms with van der Waals surface area (Å²) in [6.07, 6.45) is 0.769. The lowest BCUT2D eigenvalue weighted by Crippen LogP contribution is -2.18. The van der Waals surface area contributed by atoms with Crippen LogP contribution in [-0.2, 0) is 17.0 Å². The van der Waals surface area contributed by atoms with E-state index >= 15 is 0 Å². The fraction of sp³-hybridized carbons (Fsp3) is 0.353. The van der Waals surface area contributed by atoms with Gasteiger partial charge in [-0.25, -0.2) is 14.9 Å². The number of nitrogens with one attached hydrogen (secondary N) is 2. The molecule has 0 aliphatic carbocycles. The standard InChI is InChI=1S/C17H21N5O2S2/c1-12-6-3-4-7-14(12)19-15-18-13(10-25-15)11-26-17-21-20-16(23)22(17)8-5-9-24-2/h3-4,6-7,10H,5,8-9,11H2,1-2H3,(H,18,19)(H,20,23). The Balaban J connectivity index is 1.60. The number of aromatic nitrogens is 4. The molecule has 7 nitrogen and oxygen atoms in total. The number of nitrogens with zero attached hydrogens (tertiary/aromatic N) is 3. The zero-order valence-electron chi connectivity index (χ0n) is 14.7. The second kappa shape index (κ2) is 9.02. The molecule has 138 valence electrons. The first-order valence-corrected chi connectivity index (χ1v) is 10.1. The molecule has 2 N–H and O–H groups in total. The third-order valence-electron chi connectivity index (χ3n) is 3.74. The molecule has 2 heterocycles. The normalized spacial score (nSPS) is 11.0. The minimum absolute atomic E-state index is 0.191. The smallest absolute Gasteiger partial charge is 0.343 e. The molecule has 0 atom stereocenters. The molecule has 26 heavy (non-hydrogen) atoms. The number of hydrogen-bond donors (Lipinski definition) is 2. The van der Waals surface area contributed by atoms with Gasteiger partial charge in [0.1, 0.15) is 0 Å². The zero-order chi connectivity index (χ0) is 18.4. The molecule has 0 spiro atoms. The molecule has 3 aromatic rings. The van der Waals surface area contributed by atoms with Crippen LogP contribution < -0.4 is 11.0 Å². The van der Waals surface area contributed by atoms with Crippen molar-refractivity contribution in [2.24, 2.45) is 0 Å². The van der Waals surface area contributed by atoms with Crippen LogP contribution >= 0.6 is 23.1 Å². The van der Waals surface area contributed by atoms with Crippen molar-refractivity contribution in [1.29, 1.82) is 0 Å². The number of anilines is 2. The number of benzene rings is 1. The fourth-order valence-electron chi connectivity index (χ4n) is 2.38. The second-order valence-corrected chi connectivity index (χ2v) is 7.48. The van der Waals surface area contributed by atoms with E-state index in [-0.39, 0.29) is 5.69 Å². The van der Waals surface area contributed by atoms with Gasteiger partial charge >= 0.3 is 5.69 Å². The maximum atomic E-state index is 11.9. The van der Waals surface area contributed by atoms with Crippen molar-refractivity contribution in [2.75, 3.05) is 19.0 Å². The third kappa shape index (κ3) is 4.75. The average molecular weight is 392 g/mol. The first kappa shape index (κ1) is 18.7. The van der Waals surface area contributed by atoms with Crippen molar-refractivity contribution in [3.05, 3.63) is 51.4 Å². The Hall–Kier alpha value is -2.10. The number of methoxy groups -OCH3 is 1. The molecule has 0 aliphatic rings. The van der Waals surface area contributed by atoms with Crippen LogP contribution in [-0.4, -0.2) is 33.5 Å². The number of para-hydroxylation sites is 1. The molecule has 0 fully saturated rings. The predicted molar refractivity (Wildman–Crippen MR) is 105 cm³/mol. The van der Waals surface area contributed by atoms with E-state index < -0.39 is 0 Å². The lowest BCUT2D eigenvalue weighted by molar-refractivity contribution is 0.189. The van der Waals surface area contributed by atoms with Crippen molar-refractivity contribution in [3.8, 4) is 0 Å². The zero-order valence-corrected chi connectivity index (χ0v) is 16.3. The molecule has 0 bridgehead atoms. The van der Waals surface area contributed by atoms with Crippen LogP contribution in [0.15, 0.2) is 39.6 Å². The van der Waals surface area contributed by atoms with E-state index in [9.17, 15) is 4.79 Å². The summed E-state index contributed by atoms with van der Waals surface area (Å²) in [6.45, 7) is 3.26. The number of thiazole rings is 1. The van der Waals surface area contributed by atoms with Crippen LogP contribution in [0.1, 0.15) is 17.7 Å². The Morgan fingerprint density at radius 1 is 1.38 bits per heavy atom. The summed E-state index contributed by atoms with van der Waals surface area (Å²) in [5.41, 5.74) is 2.99. The summed E-state index contributed by atoms with van der Waals surface area (Å²) in [5.74, 6) is 0.653. The third-order valence-corrected chi connectivity index (χ3v) is 5.56. The molecular weight excluding hydrogens is 370 g/mol. The van der Waals surface area contributed by atoms with E-state index in [1.165, 1.54) is 17.3 Å². The lowest BCUT2D eigenvalue weighted by atomic mass is 10.2. The van der Waals surface area contributed by atoms with Gasteiger partial charge in [-0.05, 0) is 25.0 Å². The Labute approximate surface area is 159 Å². The highest BCUT2D eigenvalue weighted by atomic mass is 32.2. The second-order valence-electron chi connectivity index (χ2n) is 5.68. The summed E-state index contributed by atoms with van der Waals surface area (Å²) in [7, 11) is 1.65. The number of hydrogen-bond acceptors (Lipinski definition) is 7. The lowest BCUT2D eigenvalue weighted by Gasteiger charge is -2.05. The number of aryl methyl sites for hydroxylation is 1. The van der Waals surface area contributed by atoms with Crippen LogP contribution in [0, 0.1) is 6.92 Å². The van der Waals surface area contributed by atoms with E-state index in [0.717, 1.165) is 22.9 Å². The van der Waals surface area contributed by atoms with Crippen LogP contribution in [0.5, 0.6) is 0 Å². The molecule has 0 radical (unpaired) electrons.